The summed E-state index contributed by atoms with van der Waals surface area (Å²) < 4.78 is 38.7. The highest BCUT2D eigenvalue weighted by Gasteiger charge is 2.10. The topological polar surface area (TPSA) is 48.7 Å². The molecule has 0 bridgehead atoms. The van der Waals surface area contributed by atoms with E-state index in [0.717, 1.165) is 12.1 Å². The van der Waals surface area contributed by atoms with E-state index in [-0.39, 0.29) is 17.9 Å². The van der Waals surface area contributed by atoms with Gasteiger partial charge < -0.3 is 5.32 Å². The molecule has 96 valence electrons. The first kappa shape index (κ1) is 12.9. The third kappa shape index (κ3) is 2.83. The molecule has 0 saturated heterocycles. The molecular formula is C13H8F3N3. The first-order chi connectivity index (χ1) is 9.11. The van der Waals surface area contributed by atoms with Crippen LogP contribution in [0.3, 0.4) is 0 Å². The van der Waals surface area contributed by atoms with E-state index < -0.39 is 17.5 Å². The van der Waals surface area contributed by atoms with Crippen molar-refractivity contribution < 1.29 is 13.2 Å². The normalized spacial score (nSPS) is 10.0. The number of anilines is 1. The lowest BCUT2D eigenvalue weighted by atomic mass is 10.2. The fourth-order valence-corrected chi connectivity index (χ4v) is 1.54. The maximum Gasteiger partial charge on any atom is 0.194 e. The molecule has 0 aliphatic heterocycles. The monoisotopic (exact) mass is 263 g/mol. The molecule has 3 nitrogen and oxygen atoms in total. The van der Waals surface area contributed by atoms with Crippen molar-refractivity contribution in [2.24, 2.45) is 0 Å². The molecule has 2 rings (SSSR count). The lowest BCUT2D eigenvalue weighted by Gasteiger charge is -2.08. The zero-order chi connectivity index (χ0) is 13.8. The van der Waals surface area contributed by atoms with Crippen molar-refractivity contribution in [1.82, 2.24) is 4.98 Å². The van der Waals surface area contributed by atoms with Gasteiger partial charge in [-0.3, -0.25) is 0 Å². The second-order valence-corrected chi connectivity index (χ2v) is 3.73. The second-order valence-electron chi connectivity index (χ2n) is 3.73. The molecule has 0 spiro atoms. The molecule has 0 radical (unpaired) electrons. The number of hydrogen-bond acceptors (Lipinski definition) is 3. The summed E-state index contributed by atoms with van der Waals surface area (Å²) in [6, 6.07) is 6.90. The molecule has 0 amide bonds. The molecule has 2 aromatic rings. The third-order valence-corrected chi connectivity index (χ3v) is 2.46. The van der Waals surface area contributed by atoms with Crippen LogP contribution < -0.4 is 5.32 Å². The maximum atomic E-state index is 13.0. The molecular weight excluding hydrogens is 255 g/mol. The number of benzene rings is 1. The zero-order valence-corrected chi connectivity index (χ0v) is 9.62. The van der Waals surface area contributed by atoms with Gasteiger partial charge in [0.05, 0.1) is 0 Å². The van der Waals surface area contributed by atoms with E-state index in [9.17, 15) is 13.2 Å². The van der Waals surface area contributed by atoms with Crippen LogP contribution in [0.1, 0.15) is 11.3 Å². The van der Waals surface area contributed by atoms with Crippen LogP contribution in [0.2, 0.25) is 0 Å². The fraction of sp³-hybridized carbons (Fsp3) is 0.0769. The van der Waals surface area contributed by atoms with Crippen LogP contribution in [0.4, 0.5) is 18.9 Å². The third-order valence-electron chi connectivity index (χ3n) is 2.46. The van der Waals surface area contributed by atoms with Crippen LogP contribution in [-0.2, 0) is 6.54 Å². The van der Waals surface area contributed by atoms with E-state index in [2.05, 4.69) is 10.3 Å². The molecule has 1 aromatic heterocycles. The second kappa shape index (κ2) is 5.40. The summed E-state index contributed by atoms with van der Waals surface area (Å²) in [5, 5.41) is 11.5. The summed E-state index contributed by atoms with van der Waals surface area (Å²) in [7, 11) is 0. The van der Waals surface area contributed by atoms with Crippen LogP contribution in [0.15, 0.2) is 30.5 Å². The molecule has 0 saturated carbocycles. The van der Waals surface area contributed by atoms with Gasteiger partial charge in [0.15, 0.2) is 17.5 Å². The lowest BCUT2D eigenvalue weighted by molar-refractivity contribution is 0.447. The van der Waals surface area contributed by atoms with Gasteiger partial charge in [-0.1, -0.05) is 6.07 Å². The van der Waals surface area contributed by atoms with Crippen molar-refractivity contribution >= 4 is 5.69 Å². The smallest absolute Gasteiger partial charge is 0.194 e. The Labute approximate surface area is 107 Å². The van der Waals surface area contributed by atoms with E-state index >= 15 is 0 Å². The minimum atomic E-state index is -1.51. The Morgan fingerprint density at radius 2 is 1.89 bits per heavy atom. The standard InChI is InChI=1S/C13H8F3N3/c14-10-4-9(5-11(15)13(10)16)19-7-8-2-1-3-18-12(8)6-17/h1-5,19H,7H2. The quantitative estimate of drug-likeness (QED) is 0.866. The summed E-state index contributed by atoms with van der Waals surface area (Å²) >= 11 is 0. The maximum absolute atomic E-state index is 13.0. The average molecular weight is 263 g/mol. The number of hydrogen-bond donors (Lipinski definition) is 1. The van der Waals surface area contributed by atoms with Crippen LogP contribution >= 0.6 is 0 Å². The summed E-state index contributed by atoms with van der Waals surface area (Å²) in [5.74, 6) is -4.05. The fourth-order valence-electron chi connectivity index (χ4n) is 1.54. The van der Waals surface area contributed by atoms with Crippen LogP contribution in [0.5, 0.6) is 0 Å². The van der Waals surface area contributed by atoms with Crippen molar-refractivity contribution in [2.45, 2.75) is 6.54 Å². The van der Waals surface area contributed by atoms with Crippen molar-refractivity contribution in [3.05, 3.63) is 59.2 Å². The number of pyridine rings is 1. The molecule has 0 aliphatic rings. The first-order valence-electron chi connectivity index (χ1n) is 5.34. The Morgan fingerprint density at radius 1 is 1.21 bits per heavy atom. The Hall–Kier alpha value is -2.55. The minimum absolute atomic E-state index is 0.0872. The molecule has 1 heterocycles. The van der Waals surface area contributed by atoms with Gasteiger partial charge in [-0.2, -0.15) is 5.26 Å². The number of nitrogens with one attached hydrogen (secondary N) is 1. The van der Waals surface area contributed by atoms with Gasteiger partial charge in [-0.25, -0.2) is 18.2 Å². The highest BCUT2D eigenvalue weighted by Crippen LogP contribution is 2.18. The molecule has 1 N–H and O–H groups in total. The zero-order valence-electron chi connectivity index (χ0n) is 9.62. The van der Waals surface area contributed by atoms with Crippen LogP contribution in [0, 0.1) is 28.8 Å². The van der Waals surface area contributed by atoms with Crippen LogP contribution in [-0.4, -0.2) is 4.98 Å². The SMILES string of the molecule is N#Cc1ncccc1CNc1cc(F)c(F)c(F)c1. The van der Waals surface area contributed by atoms with E-state index in [1.807, 2.05) is 6.07 Å². The van der Waals surface area contributed by atoms with Gasteiger partial charge in [0.2, 0.25) is 0 Å². The van der Waals surface area contributed by atoms with Gasteiger partial charge in [0, 0.05) is 36.1 Å². The Bertz CT molecular complexity index is 627. The van der Waals surface area contributed by atoms with E-state index in [1.165, 1.54) is 6.20 Å². The Balaban J connectivity index is 2.17. The van der Waals surface area contributed by atoms with Gasteiger partial charge in [-0.05, 0) is 6.07 Å². The van der Waals surface area contributed by atoms with E-state index in [1.54, 1.807) is 12.1 Å². The summed E-state index contributed by atoms with van der Waals surface area (Å²) in [4.78, 5) is 3.85. The molecule has 1 aromatic carbocycles. The number of nitrogens with zero attached hydrogens (tertiary/aromatic N) is 2. The highest BCUT2D eigenvalue weighted by molar-refractivity contribution is 5.45. The summed E-state index contributed by atoms with van der Waals surface area (Å²) in [6.45, 7) is 0.154. The Morgan fingerprint density at radius 3 is 2.53 bits per heavy atom. The van der Waals surface area contributed by atoms with E-state index in [0.29, 0.717) is 5.56 Å². The van der Waals surface area contributed by atoms with Crippen molar-refractivity contribution in [3.63, 3.8) is 0 Å². The predicted octanol–water partition coefficient (Wildman–Crippen LogP) is 2.98. The van der Waals surface area contributed by atoms with Gasteiger partial charge in [-0.15, -0.1) is 0 Å². The number of halogens is 3. The molecule has 6 heteroatoms. The van der Waals surface area contributed by atoms with Gasteiger partial charge in [0.25, 0.3) is 0 Å². The average Bonchev–Trinajstić information content (AvgIpc) is 2.42. The largest absolute Gasteiger partial charge is 0.381 e. The highest BCUT2D eigenvalue weighted by atomic mass is 19.2. The van der Waals surface area contributed by atoms with Crippen LogP contribution in [0.25, 0.3) is 0 Å². The molecule has 0 unspecified atom stereocenters. The molecule has 0 fully saturated rings. The van der Waals surface area contributed by atoms with Gasteiger partial charge >= 0.3 is 0 Å². The molecule has 19 heavy (non-hydrogen) atoms. The first-order valence-corrected chi connectivity index (χ1v) is 5.34. The van der Waals surface area contributed by atoms with Crippen molar-refractivity contribution in [1.29, 1.82) is 5.26 Å². The van der Waals surface area contributed by atoms with E-state index in [4.69, 9.17) is 5.26 Å². The van der Waals surface area contributed by atoms with Gasteiger partial charge in [0.1, 0.15) is 11.8 Å². The predicted molar refractivity (Wildman–Crippen MR) is 62.6 cm³/mol. The lowest BCUT2D eigenvalue weighted by Crippen LogP contribution is -2.04. The van der Waals surface area contributed by atoms with Crippen molar-refractivity contribution in [3.8, 4) is 6.07 Å². The number of rotatable bonds is 3. The van der Waals surface area contributed by atoms with Crippen molar-refractivity contribution in [2.75, 3.05) is 5.32 Å². The number of nitriles is 1. The summed E-state index contributed by atoms with van der Waals surface area (Å²) in [5.41, 5.74) is 0.886. The molecule has 0 aliphatic carbocycles. The number of aromatic nitrogens is 1. The molecule has 0 atom stereocenters. The summed E-state index contributed by atoms with van der Waals surface area (Å²) in [6.07, 6.45) is 1.47. The minimum Gasteiger partial charge on any atom is -0.381 e. The Kier molecular flexibility index (Phi) is 3.66.